The quantitative estimate of drug-likeness (QED) is 0.656. The summed E-state index contributed by atoms with van der Waals surface area (Å²) in [5.74, 6) is 0.220. The molecule has 0 unspecified atom stereocenters. The van der Waals surface area contributed by atoms with Crippen molar-refractivity contribution in [1.29, 1.82) is 0 Å². The lowest BCUT2D eigenvalue weighted by atomic mass is 9.99. The molecule has 1 aromatic carbocycles. The Balaban J connectivity index is 3.60. The first kappa shape index (κ1) is 9.40. The fraction of sp³-hybridized carbons (Fsp3) is 0.400. The van der Waals surface area contributed by atoms with E-state index in [9.17, 15) is 5.11 Å². The summed E-state index contributed by atoms with van der Waals surface area (Å²) in [5.41, 5.74) is 4.13. The second-order valence-corrected chi connectivity index (χ2v) is 3.54. The van der Waals surface area contributed by atoms with Crippen molar-refractivity contribution in [3.05, 3.63) is 27.3 Å². The lowest BCUT2D eigenvalue weighted by Crippen LogP contribution is -1.92. The number of benzene rings is 1. The highest BCUT2D eigenvalue weighted by Crippen LogP contribution is 2.35. The standard InChI is InChI=1S/C10H13ClO/c1-5-6(2)8(4)10(12)9(11)7(5)3/h12H,1-4H3. The molecule has 0 aliphatic rings. The summed E-state index contributed by atoms with van der Waals surface area (Å²) in [6.07, 6.45) is 0. The number of halogens is 1. The van der Waals surface area contributed by atoms with E-state index in [4.69, 9.17) is 11.6 Å². The van der Waals surface area contributed by atoms with Crippen LogP contribution in [-0.2, 0) is 0 Å². The van der Waals surface area contributed by atoms with Crippen LogP contribution in [0.4, 0.5) is 0 Å². The van der Waals surface area contributed by atoms with Crippen LogP contribution in [0.5, 0.6) is 5.75 Å². The lowest BCUT2D eigenvalue weighted by Gasteiger charge is -2.12. The number of phenolic OH excluding ortho intramolecular Hbond substituents is 1. The van der Waals surface area contributed by atoms with E-state index in [-0.39, 0.29) is 5.75 Å². The van der Waals surface area contributed by atoms with Gasteiger partial charge in [-0.1, -0.05) is 11.6 Å². The van der Waals surface area contributed by atoms with Crippen molar-refractivity contribution in [1.82, 2.24) is 0 Å². The fourth-order valence-electron chi connectivity index (χ4n) is 1.25. The van der Waals surface area contributed by atoms with Crippen molar-refractivity contribution < 1.29 is 5.11 Å². The van der Waals surface area contributed by atoms with E-state index in [0.717, 1.165) is 22.3 Å². The second-order valence-electron chi connectivity index (χ2n) is 3.16. The van der Waals surface area contributed by atoms with Crippen molar-refractivity contribution in [2.45, 2.75) is 27.7 Å². The molecule has 12 heavy (non-hydrogen) atoms. The van der Waals surface area contributed by atoms with Crippen LogP contribution in [0.25, 0.3) is 0 Å². The minimum Gasteiger partial charge on any atom is -0.506 e. The van der Waals surface area contributed by atoms with Crippen LogP contribution in [0.1, 0.15) is 22.3 Å². The van der Waals surface area contributed by atoms with Crippen molar-refractivity contribution in [2.24, 2.45) is 0 Å². The molecule has 0 aromatic heterocycles. The molecule has 0 fully saturated rings. The summed E-state index contributed by atoms with van der Waals surface area (Å²) in [4.78, 5) is 0. The lowest BCUT2D eigenvalue weighted by molar-refractivity contribution is 0.470. The van der Waals surface area contributed by atoms with Crippen LogP contribution >= 0.6 is 11.6 Å². The zero-order chi connectivity index (χ0) is 9.46. The second kappa shape index (κ2) is 2.98. The highest BCUT2D eigenvalue weighted by atomic mass is 35.5. The molecule has 1 aromatic rings. The number of hydrogen-bond donors (Lipinski definition) is 1. The third-order valence-corrected chi connectivity index (χ3v) is 3.04. The maximum atomic E-state index is 9.56. The molecular weight excluding hydrogens is 172 g/mol. The molecule has 2 heteroatoms. The smallest absolute Gasteiger partial charge is 0.137 e. The molecule has 1 N–H and O–H groups in total. The number of hydrogen-bond acceptors (Lipinski definition) is 1. The Labute approximate surface area is 78.0 Å². The van der Waals surface area contributed by atoms with Gasteiger partial charge in [0.1, 0.15) is 5.75 Å². The molecule has 0 saturated carbocycles. The van der Waals surface area contributed by atoms with Gasteiger partial charge in [0.25, 0.3) is 0 Å². The largest absolute Gasteiger partial charge is 0.506 e. The van der Waals surface area contributed by atoms with Crippen LogP contribution in [0.15, 0.2) is 0 Å². The first-order chi connectivity index (χ1) is 5.46. The Morgan fingerprint density at radius 1 is 0.833 bits per heavy atom. The monoisotopic (exact) mass is 184 g/mol. The first-order valence-corrected chi connectivity index (χ1v) is 4.29. The molecule has 0 aliphatic carbocycles. The number of phenols is 1. The number of rotatable bonds is 0. The zero-order valence-corrected chi connectivity index (χ0v) is 8.58. The van der Waals surface area contributed by atoms with Gasteiger partial charge in [0.15, 0.2) is 0 Å². The topological polar surface area (TPSA) is 20.2 Å². The van der Waals surface area contributed by atoms with Gasteiger partial charge >= 0.3 is 0 Å². The van der Waals surface area contributed by atoms with Gasteiger partial charge in [0, 0.05) is 0 Å². The van der Waals surface area contributed by atoms with Crippen LogP contribution < -0.4 is 0 Å². The van der Waals surface area contributed by atoms with Crippen molar-refractivity contribution in [2.75, 3.05) is 0 Å². The van der Waals surface area contributed by atoms with Gasteiger partial charge in [-0.05, 0) is 49.9 Å². The molecule has 0 atom stereocenters. The first-order valence-electron chi connectivity index (χ1n) is 3.91. The van der Waals surface area contributed by atoms with Crippen LogP contribution in [-0.4, -0.2) is 5.11 Å². The van der Waals surface area contributed by atoms with E-state index in [1.165, 1.54) is 0 Å². The van der Waals surface area contributed by atoms with Crippen LogP contribution in [0.3, 0.4) is 0 Å². The van der Waals surface area contributed by atoms with Crippen molar-refractivity contribution >= 4 is 11.6 Å². The summed E-state index contributed by atoms with van der Waals surface area (Å²) in [6.45, 7) is 7.81. The van der Waals surface area contributed by atoms with E-state index >= 15 is 0 Å². The Morgan fingerprint density at radius 2 is 1.25 bits per heavy atom. The van der Waals surface area contributed by atoms with Crippen LogP contribution in [0.2, 0.25) is 5.02 Å². The van der Waals surface area contributed by atoms with E-state index < -0.39 is 0 Å². The van der Waals surface area contributed by atoms with Crippen molar-refractivity contribution in [3.63, 3.8) is 0 Å². The zero-order valence-electron chi connectivity index (χ0n) is 7.83. The van der Waals surface area contributed by atoms with Gasteiger partial charge < -0.3 is 5.11 Å². The predicted octanol–water partition coefficient (Wildman–Crippen LogP) is 3.28. The molecule has 0 saturated heterocycles. The Hall–Kier alpha value is -0.690. The average Bonchev–Trinajstić information content (AvgIpc) is 2.08. The van der Waals surface area contributed by atoms with Gasteiger partial charge in [-0.3, -0.25) is 0 Å². The summed E-state index contributed by atoms with van der Waals surface area (Å²) in [6, 6.07) is 0. The maximum absolute atomic E-state index is 9.56. The van der Waals surface area contributed by atoms with Crippen LogP contribution in [0, 0.1) is 27.7 Å². The van der Waals surface area contributed by atoms with Gasteiger partial charge in [-0.15, -0.1) is 0 Å². The SMILES string of the molecule is Cc1c(C)c(C)c(Cl)c(O)c1C. The van der Waals surface area contributed by atoms with Gasteiger partial charge in [0.2, 0.25) is 0 Å². The Morgan fingerprint density at radius 3 is 1.75 bits per heavy atom. The van der Waals surface area contributed by atoms with Gasteiger partial charge in [-0.25, -0.2) is 0 Å². The Bertz CT molecular complexity index is 224. The molecule has 1 nitrogen and oxygen atoms in total. The van der Waals surface area contributed by atoms with E-state index in [2.05, 4.69) is 0 Å². The molecule has 0 amide bonds. The molecule has 0 spiro atoms. The predicted molar refractivity (Wildman–Crippen MR) is 52.1 cm³/mol. The third kappa shape index (κ3) is 1.18. The minimum atomic E-state index is 0.220. The molecule has 66 valence electrons. The maximum Gasteiger partial charge on any atom is 0.137 e. The molecule has 1 rings (SSSR count). The van der Waals surface area contributed by atoms with E-state index in [1.54, 1.807) is 0 Å². The molecule has 0 bridgehead atoms. The molecule has 0 aliphatic heterocycles. The number of aromatic hydroxyl groups is 1. The fourth-order valence-corrected chi connectivity index (χ4v) is 1.53. The summed E-state index contributed by atoms with van der Waals surface area (Å²) < 4.78 is 0. The molecular formula is C10H13ClO. The van der Waals surface area contributed by atoms with Gasteiger partial charge in [0.05, 0.1) is 5.02 Å². The highest BCUT2D eigenvalue weighted by Gasteiger charge is 2.11. The van der Waals surface area contributed by atoms with E-state index in [0.29, 0.717) is 5.02 Å². The Kier molecular flexibility index (Phi) is 2.34. The summed E-state index contributed by atoms with van der Waals surface area (Å²) >= 11 is 5.91. The average molecular weight is 185 g/mol. The minimum absolute atomic E-state index is 0.220. The third-order valence-electron chi connectivity index (χ3n) is 2.58. The summed E-state index contributed by atoms with van der Waals surface area (Å²) in [5, 5.41) is 10.0. The van der Waals surface area contributed by atoms with Crippen molar-refractivity contribution in [3.8, 4) is 5.75 Å². The van der Waals surface area contributed by atoms with E-state index in [1.807, 2.05) is 27.7 Å². The van der Waals surface area contributed by atoms with Gasteiger partial charge in [-0.2, -0.15) is 0 Å². The summed E-state index contributed by atoms with van der Waals surface area (Å²) in [7, 11) is 0. The highest BCUT2D eigenvalue weighted by molar-refractivity contribution is 6.33. The molecule has 0 heterocycles. The molecule has 0 radical (unpaired) electrons. The normalized spacial score (nSPS) is 10.4.